The van der Waals surface area contributed by atoms with E-state index >= 15 is 0 Å². The maximum absolute atomic E-state index is 11.6. The molecule has 84 valence electrons. The van der Waals surface area contributed by atoms with Crippen molar-refractivity contribution < 1.29 is 14.4 Å². The summed E-state index contributed by atoms with van der Waals surface area (Å²) in [5.74, 6) is -0.274. The first-order chi connectivity index (χ1) is 7.72. The fourth-order valence-electron chi connectivity index (χ4n) is 1.34. The summed E-state index contributed by atoms with van der Waals surface area (Å²) < 4.78 is 4.93. The van der Waals surface area contributed by atoms with Gasteiger partial charge in [0.15, 0.2) is 0 Å². The number of carbonyl (C=O) groups excluding carboxylic acids is 1. The first-order valence-electron chi connectivity index (χ1n) is 4.83. The number of aryl methyl sites for hydroxylation is 1. The van der Waals surface area contributed by atoms with E-state index < -0.39 is 0 Å². The monoisotopic (exact) mass is 221 g/mol. The van der Waals surface area contributed by atoms with Gasteiger partial charge in [-0.05, 0) is 13.0 Å². The Bertz CT molecular complexity index is 521. The molecule has 0 unspecified atom stereocenters. The highest BCUT2D eigenvalue weighted by Gasteiger charge is 2.10. The van der Waals surface area contributed by atoms with Gasteiger partial charge in [0.05, 0.1) is 23.3 Å². The van der Waals surface area contributed by atoms with Gasteiger partial charge in [0, 0.05) is 12.7 Å². The molecule has 2 heterocycles. The second-order valence-corrected chi connectivity index (χ2v) is 3.32. The quantitative estimate of drug-likeness (QED) is 0.775. The summed E-state index contributed by atoms with van der Waals surface area (Å²) in [6.45, 7) is 1.91. The van der Waals surface area contributed by atoms with E-state index in [4.69, 9.17) is 9.63 Å². The lowest BCUT2D eigenvalue weighted by Gasteiger charge is -2.01. The van der Waals surface area contributed by atoms with Crippen molar-refractivity contribution >= 4 is 17.0 Å². The molecule has 1 amide bonds. The summed E-state index contributed by atoms with van der Waals surface area (Å²) >= 11 is 0. The van der Waals surface area contributed by atoms with Crippen LogP contribution >= 0.6 is 0 Å². The summed E-state index contributed by atoms with van der Waals surface area (Å²) in [5.41, 5.74) is 1.53. The second-order valence-electron chi connectivity index (χ2n) is 3.32. The third-order valence-electron chi connectivity index (χ3n) is 2.17. The summed E-state index contributed by atoms with van der Waals surface area (Å²) in [6, 6.07) is 1.67. The van der Waals surface area contributed by atoms with Crippen molar-refractivity contribution in [2.45, 2.75) is 6.92 Å². The smallest absolute Gasteiger partial charge is 0.257 e. The Kier molecular flexibility index (Phi) is 2.82. The van der Waals surface area contributed by atoms with Crippen LogP contribution in [0.15, 0.2) is 16.8 Å². The van der Waals surface area contributed by atoms with E-state index in [1.165, 1.54) is 6.20 Å². The highest BCUT2D eigenvalue weighted by Crippen LogP contribution is 2.16. The van der Waals surface area contributed by atoms with Crippen LogP contribution in [0, 0.1) is 6.92 Å². The van der Waals surface area contributed by atoms with Gasteiger partial charge in [-0.2, -0.15) is 0 Å². The predicted octanol–water partition coefficient (Wildman–Crippen LogP) is 0.253. The number of carbonyl (C=O) groups is 1. The van der Waals surface area contributed by atoms with Crippen LogP contribution in [0.5, 0.6) is 0 Å². The number of hydrogen-bond donors (Lipinski definition) is 2. The van der Waals surface area contributed by atoms with Crippen molar-refractivity contribution in [3.05, 3.63) is 23.5 Å². The zero-order valence-corrected chi connectivity index (χ0v) is 8.73. The molecule has 0 aliphatic rings. The fraction of sp³-hybridized carbons (Fsp3) is 0.300. The van der Waals surface area contributed by atoms with Crippen LogP contribution in [-0.4, -0.2) is 34.3 Å². The molecule has 6 heteroatoms. The van der Waals surface area contributed by atoms with Gasteiger partial charge in [0.1, 0.15) is 0 Å². The molecule has 0 aliphatic heterocycles. The summed E-state index contributed by atoms with van der Waals surface area (Å²) in [6.07, 6.45) is 1.42. The van der Waals surface area contributed by atoms with Crippen LogP contribution < -0.4 is 5.32 Å². The Morgan fingerprint density at radius 3 is 3.19 bits per heavy atom. The molecule has 0 aliphatic carbocycles. The zero-order chi connectivity index (χ0) is 11.5. The number of nitrogens with one attached hydrogen (secondary N) is 1. The molecule has 2 rings (SSSR count). The number of amides is 1. The number of aliphatic hydroxyl groups is 1. The zero-order valence-electron chi connectivity index (χ0n) is 8.73. The van der Waals surface area contributed by atoms with Crippen molar-refractivity contribution in [2.75, 3.05) is 13.2 Å². The number of rotatable bonds is 3. The number of aromatic nitrogens is 2. The average molecular weight is 221 g/mol. The van der Waals surface area contributed by atoms with Crippen LogP contribution in [0.2, 0.25) is 0 Å². The fourth-order valence-corrected chi connectivity index (χ4v) is 1.34. The van der Waals surface area contributed by atoms with Crippen molar-refractivity contribution in [3.63, 3.8) is 0 Å². The van der Waals surface area contributed by atoms with Crippen LogP contribution in [0.25, 0.3) is 11.1 Å². The summed E-state index contributed by atoms with van der Waals surface area (Å²) in [5, 5.41) is 15.6. The Balaban J connectivity index is 2.31. The average Bonchev–Trinajstić information content (AvgIpc) is 2.67. The van der Waals surface area contributed by atoms with E-state index in [-0.39, 0.29) is 19.1 Å². The molecule has 0 radical (unpaired) electrons. The lowest BCUT2D eigenvalue weighted by Crippen LogP contribution is -2.26. The molecule has 2 aromatic heterocycles. The van der Waals surface area contributed by atoms with E-state index in [0.717, 1.165) is 5.39 Å². The second kappa shape index (κ2) is 4.28. The van der Waals surface area contributed by atoms with Gasteiger partial charge in [-0.1, -0.05) is 5.16 Å². The van der Waals surface area contributed by atoms with Crippen molar-refractivity contribution in [3.8, 4) is 0 Å². The third kappa shape index (κ3) is 1.87. The molecule has 2 aromatic rings. The highest BCUT2D eigenvalue weighted by atomic mass is 16.5. The van der Waals surface area contributed by atoms with E-state index in [1.807, 2.05) is 0 Å². The SMILES string of the molecule is Cc1noc2ncc(C(=O)NCCO)cc12. The number of hydrogen-bond acceptors (Lipinski definition) is 5. The molecule has 0 saturated heterocycles. The molecule has 0 spiro atoms. The van der Waals surface area contributed by atoms with Gasteiger partial charge in [0.2, 0.25) is 0 Å². The third-order valence-corrected chi connectivity index (χ3v) is 2.17. The number of nitrogens with zero attached hydrogens (tertiary/aromatic N) is 2. The first kappa shape index (κ1) is 10.6. The molecular weight excluding hydrogens is 210 g/mol. The van der Waals surface area contributed by atoms with Crippen molar-refractivity contribution in [1.82, 2.24) is 15.5 Å². The van der Waals surface area contributed by atoms with Gasteiger partial charge in [-0.25, -0.2) is 4.98 Å². The molecular formula is C10H11N3O3. The van der Waals surface area contributed by atoms with Crippen molar-refractivity contribution in [2.24, 2.45) is 0 Å². The predicted molar refractivity (Wildman–Crippen MR) is 56.0 cm³/mol. The maximum atomic E-state index is 11.6. The number of pyridine rings is 1. The summed E-state index contributed by atoms with van der Waals surface area (Å²) in [4.78, 5) is 15.5. The molecule has 0 atom stereocenters. The molecule has 16 heavy (non-hydrogen) atoms. The van der Waals surface area contributed by atoms with E-state index in [1.54, 1.807) is 13.0 Å². The van der Waals surface area contributed by atoms with Gasteiger partial charge in [0.25, 0.3) is 11.6 Å². The normalized spacial score (nSPS) is 10.6. The van der Waals surface area contributed by atoms with Crippen LogP contribution in [0.4, 0.5) is 0 Å². The minimum Gasteiger partial charge on any atom is -0.395 e. The Morgan fingerprint density at radius 1 is 1.62 bits per heavy atom. The number of aliphatic hydroxyl groups excluding tert-OH is 1. The molecule has 0 bridgehead atoms. The highest BCUT2D eigenvalue weighted by molar-refractivity contribution is 5.96. The van der Waals surface area contributed by atoms with Gasteiger partial charge < -0.3 is 14.9 Å². The molecule has 2 N–H and O–H groups in total. The minimum atomic E-state index is -0.274. The lowest BCUT2D eigenvalue weighted by molar-refractivity contribution is 0.0944. The maximum Gasteiger partial charge on any atom is 0.257 e. The first-order valence-corrected chi connectivity index (χ1v) is 4.83. The summed E-state index contributed by atoms with van der Waals surface area (Å²) in [7, 11) is 0. The van der Waals surface area contributed by atoms with Crippen LogP contribution in [0.1, 0.15) is 16.1 Å². The Labute approximate surface area is 91.3 Å². The minimum absolute atomic E-state index is 0.0896. The largest absolute Gasteiger partial charge is 0.395 e. The van der Waals surface area contributed by atoms with Gasteiger partial charge in [-0.15, -0.1) is 0 Å². The number of fused-ring (bicyclic) bond motifs is 1. The van der Waals surface area contributed by atoms with E-state index in [0.29, 0.717) is 17.0 Å². The Hall–Kier alpha value is -1.95. The van der Waals surface area contributed by atoms with Crippen molar-refractivity contribution in [1.29, 1.82) is 0 Å². The van der Waals surface area contributed by atoms with Crippen LogP contribution in [0.3, 0.4) is 0 Å². The van der Waals surface area contributed by atoms with Gasteiger partial charge in [-0.3, -0.25) is 4.79 Å². The van der Waals surface area contributed by atoms with Crippen LogP contribution in [-0.2, 0) is 0 Å². The topological polar surface area (TPSA) is 88.2 Å². The molecule has 0 aromatic carbocycles. The van der Waals surface area contributed by atoms with E-state index in [2.05, 4.69) is 15.5 Å². The molecule has 0 fully saturated rings. The molecule has 0 saturated carbocycles. The van der Waals surface area contributed by atoms with E-state index in [9.17, 15) is 4.79 Å². The Morgan fingerprint density at radius 2 is 2.44 bits per heavy atom. The standard InChI is InChI=1S/C10H11N3O3/c1-6-8-4-7(9(15)11-2-3-14)5-12-10(8)16-13-6/h4-5,14H,2-3H2,1H3,(H,11,15). The molecule has 6 nitrogen and oxygen atoms in total. The lowest BCUT2D eigenvalue weighted by atomic mass is 10.2. The van der Waals surface area contributed by atoms with Gasteiger partial charge >= 0.3 is 0 Å².